The Morgan fingerprint density at radius 1 is 1.39 bits per heavy atom. The van der Waals surface area contributed by atoms with Crippen molar-refractivity contribution in [2.24, 2.45) is 5.41 Å². The highest BCUT2D eigenvalue weighted by molar-refractivity contribution is 6.20. The van der Waals surface area contributed by atoms with E-state index in [1.54, 1.807) is 13.2 Å². The Bertz CT molecular complexity index is 390. The average molecular weight is 272 g/mol. The van der Waals surface area contributed by atoms with Gasteiger partial charge in [0.15, 0.2) is 0 Å². The highest BCUT2D eigenvalue weighted by atomic mass is 35.5. The first-order valence-electron chi connectivity index (χ1n) is 6.08. The summed E-state index contributed by atoms with van der Waals surface area (Å²) in [6, 6.07) is 1.79. The van der Waals surface area contributed by atoms with E-state index in [0.717, 1.165) is 12.1 Å². The molecular formula is C13H22ClN3O. The van der Waals surface area contributed by atoms with Gasteiger partial charge in [0.1, 0.15) is 0 Å². The van der Waals surface area contributed by atoms with Gasteiger partial charge in [-0.15, -0.1) is 11.6 Å². The van der Waals surface area contributed by atoms with Crippen molar-refractivity contribution in [2.45, 2.75) is 39.5 Å². The third kappa shape index (κ3) is 5.54. The first-order valence-corrected chi connectivity index (χ1v) is 6.51. The van der Waals surface area contributed by atoms with Crippen LogP contribution in [-0.4, -0.2) is 29.0 Å². The molecule has 0 aliphatic rings. The molecule has 1 aromatic heterocycles. The van der Waals surface area contributed by atoms with Crippen molar-refractivity contribution in [1.29, 1.82) is 0 Å². The van der Waals surface area contributed by atoms with Crippen molar-refractivity contribution in [2.75, 3.05) is 19.0 Å². The Balaban J connectivity index is 2.55. The molecule has 0 radical (unpaired) electrons. The summed E-state index contributed by atoms with van der Waals surface area (Å²) in [5, 5.41) is 3.20. The number of ether oxygens (including phenoxy) is 1. The predicted molar refractivity (Wildman–Crippen MR) is 75.5 cm³/mol. The molecule has 18 heavy (non-hydrogen) atoms. The van der Waals surface area contributed by atoms with Gasteiger partial charge in [0.05, 0.1) is 12.5 Å². The molecule has 0 amide bonds. The van der Waals surface area contributed by atoms with Crippen LogP contribution in [0.2, 0.25) is 0 Å². The number of hydrogen-bond acceptors (Lipinski definition) is 4. The number of nitrogens with one attached hydrogen (secondary N) is 1. The fraction of sp³-hybridized carbons (Fsp3) is 0.692. The van der Waals surface area contributed by atoms with Crippen LogP contribution in [0.5, 0.6) is 5.88 Å². The van der Waals surface area contributed by atoms with Crippen LogP contribution in [0.15, 0.2) is 6.07 Å². The molecular weight excluding hydrogens is 250 g/mol. The molecule has 0 saturated heterocycles. The third-order valence-electron chi connectivity index (χ3n) is 2.36. The lowest BCUT2D eigenvalue weighted by atomic mass is 9.90. The SMILES string of the molecule is COc1cc(C)nc(NCC(Cl)CC(C)(C)C)n1. The fourth-order valence-electron chi connectivity index (χ4n) is 1.66. The van der Waals surface area contributed by atoms with E-state index in [-0.39, 0.29) is 10.8 Å². The van der Waals surface area contributed by atoms with Crippen LogP contribution in [-0.2, 0) is 0 Å². The largest absolute Gasteiger partial charge is 0.481 e. The standard InChI is InChI=1S/C13H22ClN3O/c1-9-6-11(18-5)17-12(16-9)15-8-10(14)7-13(2,3)4/h6,10H,7-8H2,1-5H3,(H,15,16,17). The Morgan fingerprint density at radius 3 is 2.61 bits per heavy atom. The number of halogens is 1. The normalized spacial score (nSPS) is 13.2. The maximum Gasteiger partial charge on any atom is 0.226 e. The minimum atomic E-state index is 0.0557. The topological polar surface area (TPSA) is 47.0 Å². The van der Waals surface area contributed by atoms with Crippen molar-refractivity contribution in [3.05, 3.63) is 11.8 Å². The van der Waals surface area contributed by atoms with Gasteiger partial charge in [-0.3, -0.25) is 0 Å². The number of methoxy groups -OCH3 is 1. The minimum absolute atomic E-state index is 0.0557. The van der Waals surface area contributed by atoms with Crippen molar-refractivity contribution >= 4 is 17.5 Å². The zero-order valence-electron chi connectivity index (χ0n) is 11.7. The molecule has 1 N–H and O–H groups in total. The smallest absolute Gasteiger partial charge is 0.226 e. The first-order chi connectivity index (χ1) is 8.30. The maximum absolute atomic E-state index is 6.28. The summed E-state index contributed by atoms with van der Waals surface area (Å²) < 4.78 is 5.10. The molecule has 0 aliphatic carbocycles. The Morgan fingerprint density at radius 2 is 2.06 bits per heavy atom. The molecule has 0 fully saturated rings. The summed E-state index contributed by atoms with van der Waals surface area (Å²) in [6.07, 6.45) is 0.935. The third-order valence-corrected chi connectivity index (χ3v) is 2.66. The lowest BCUT2D eigenvalue weighted by Gasteiger charge is -2.22. The predicted octanol–water partition coefficient (Wildman–Crippen LogP) is 3.25. The molecule has 4 nitrogen and oxygen atoms in total. The molecule has 5 heteroatoms. The van der Waals surface area contributed by atoms with E-state index < -0.39 is 0 Å². The van der Waals surface area contributed by atoms with Gasteiger partial charge in [0, 0.05) is 18.3 Å². The molecule has 1 atom stereocenters. The molecule has 1 unspecified atom stereocenters. The van der Waals surface area contributed by atoms with Crippen molar-refractivity contribution < 1.29 is 4.74 Å². The summed E-state index contributed by atoms with van der Waals surface area (Å²) in [5.41, 5.74) is 1.09. The molecule has 1 aromatic rings. The molecule has 0 spiro atoms. The van der Waals surface area contributed by atoms with Crippen LogP contribution in [0.25, 0.3) is 0 Å². The number of rotatable bonds is 5. The van der Waals surface area contributed by atoms with Crippen molar-refractivity contribution in [1.82, 2.24) is 9.97 Å². The summed E-state index contributed by atoms with van der Waals surface area (Å²) in [4.78, 5) is 8.51. The summed E-state index contributed by atoms with van der Waals surface area (Å²) in [6.45, 7) is 9.08. The molecule has 0 aliphatic heterocycles. The molecule has 1 rings (SSSR count). The van der Waals surface area contributed by atoms with Crippen molar-refractivity contribution in [3.8, 4) is 5.88 Å². The van der Waals surface area contributed by atoms with Gasteiger partial charge < -0.3 is 10.1 Å². The van der Waals surface area contributed by atoms with E-state index in [9.17, 15) is 0 Å². The van der Waals surface area contributed by atoms with Gasteiger partial charge in [-0.05, 0) is 18.8 Å². The highest BCUT2D eigenvalue weighted by Crippen LogP contribution is 2.23. The first kappa shape index (κ1) is 15.0. The Kier molecular flexibility index (Phi) is 5.20. The van der Waals surface area contributed by atoms with E-state index in [4.69, 9.17) is 16.3 Å². The molecule has 1 heterocycles. The zero-order valence-corrected chi connectivity index (χ0v) is 12.5. The number of aryl methyl sites for hydroxylation is 1. The summed E-state index contributed by atoms with van der Waals surface area (Å²) in [7, 11) is 1.59. The van der Waals surface area contributed by atoms with Crippen LogP contribution in [0.1, 0.15) is 32.9 Å². The number of aromatic nitrogens is 2. The minimum Gasteiger partial charge on any atom is -0.481 e. The molecule has 0 bridgehead atoms. The van der Waals surface area contributed by atoms with E-state index in [2.05, 4.69) is 36.1 Å². The van der Waals surface area contributed by atoms with Crippen LogP contribution in [0.4, 0.5) is 5.95 Å². The van der Waals surface area contributed by atoms with Crippen LogP contribution in [0.3, 0.4) is 0 Å². The van der Waals surface area contributed by atoms with Gasteiger partial charge in [0.25, 0.3) is 0 Å². The summed E-state index contributed by atoms with van der Waals surface area (Å²) >= 11 is 6.28. The average Bonchev–Trinajstić information content (AvgIpc) is 2.23. The summed E-state index contributed by atoms with van der Waals surface area (Å²) in [5.74, 6) is 1.12. The number of anilines is 1. The fourth-order valence-corrected chi connectivity index (χ4v) is 2.20. The monoisotopic (exact) mass is 271 g/mol. The van der Waals surface area contributed by atoms with Gasteiger partial charge in [-0.2, -0.15) is 4.98 Å². The molecule has 102 valence electrons. The van der Waals surface area contributed by atoms with Gasteiger partial charge in [-0.1, -0.05) is 20.8 Å². The highest BCUT2D eigenvalue weighted by Gasteiger charge is 2.17. The Hall–Kier alpha value is -1.03. The van der Waals surface area contributed by atoms with Crippen LogP contribution in [0, 0.1) is 12.3 Å². The van der Waals surface area contributed by atoms with E-state index in [0.29, 0.717) is 18.4 Å². The lowest BCUT2D eigenvalue weighted by molar-refractivity contribution is 0.373. The van der Waals surface area contributed by atoms with Crippen molar-refractivity contribution in [3.63, 3.8) is 0 Å². The van der Waals surface area contributed by atoms with Crippen LogP contribution >= 0.6 is 11.6 Å². The zero-order chi connectivity index (χ0) is 13.8. The number of alkyl halides is 1. The number of nitrogens with zero attached hydrogens (tertiary/aromatic N) is 2. The second kappa shape index (κ2) is 6.23. The van der Waals surface area contributed by atoms with Gasteiger partial charge in [0.2, 0.25) is 11.8 Å². The van der Waals surface area contributed by atoms with E-state index in [1.165, 1.54) is 0 Å². The maximum atomic E-state index is 6.28. The van der Waals surface area contributed by atoms with Crippen LogP contribution < -0.4 is 10.1 Å². The van der Waals surface area contributed by atoms with E-state index in [1.807, 2.05) is 6.92 Å². The molecule has 0 saturated carbocycles. The van der Waals surface area contributed by atoms with Gasteiger partial charge in [-0.25, -0.2) is 4.98 Å². The van der Waals surface area contributed by atoms with Gasteiger partial charge >= 0.3 is 0 Å². The van der Waals surface area contributed by atoms with E-state index >= 15 is 0 Å². The number of hydrogen-bond donors (Lipinski definition) is 1. The lowest BCUT2D eigenvalue weighted by Crippen LogP contribution is -2.21. The quantitative estimate of drug-likeness (QED) is 0.835. The second-order valence-corrected chi connectivity index (χ2v) is 6.24. The second-order valence-electron chi connectivity index (χ2n) is 5.62. The Labute approximate surface area is 114 Å². The molecule has 0 aromatic carbocycles.